The Morgan fingerprint density at radius 1 is 0.931 bits per heavy atom. The average Bonchev–Trinajstić information content (AvgIpc) is 3.10. The molecule has 3 aromatic rings. The largest absolute Gasteiger partial charge is 0.468 e. The van der Waals surface area contributed by atoms with E-state index in [0.717, 1.165) is 10.8 Å². The molecular weight excluding hydrogens is 368 g/mol. The quantitative estimate of drug-likeness (QED) is 0.374. The third-order valence-electron chi connectivity index (χ3n) is 5.06. The predicted octanol–water partition coefficient (Wildman–Crippen LogP) is 4.17. The second-order valence-electron chi connectivity index (χ2n) is 6.89. The molecule has 0 saturated heterocycles. The highest BCUT2D eigenvalue weighted by Gasteiger charge is 2.53. The van der Waals surface area contributed by atoms with Crippen LogP contribution in [0.1, 0.15) is 22.3 Å². The first-order valence-corrected chi connectivity index (χ1v) is 9.14. The molecule has 0 fully saturated rings. The van der Waals surface area contributed by atoms with Crippen LogP contribution in [0.5, 0.6) is 0 Å². The van der Waals surface area contributed by atoms with Crippen LogP contribution in [0.25, 0.3) is 16.5 Å². The first-order chi connectivity index (χ1) is 14.0. The first-order valence-electron chi connectivity index (χ1n) is 9.14. The molecule has 0 aromatic heterocycles. The van der Waals surface area contributed by atoms with Crippen LogP contribution in [0.15, 0.2) is 78.9 Å². The SMILES string of the molecule is COC(=O)C1(CC(=O)c2ccc3ccccc3c2)C=C(c2ccccc2)OC1=O. The number of rotatable bonds is 5. The molecule has 0 saturated carbocycles. The number of ketones is 1. The predicted molar refractivity (Wildman–Crippen MR) is 108 cm³/mol. The maximum atomic E-state index is 13.0. The van der Waals surface area contributed by atoms with Crippen molar-refractivity contribution < 1.29 is 23.9 Å². The molecule has 5 nitrogen and oxygen atoms in total. The monoisotopic (exact) mass is 386 g/mol. The van der Waals surface area contributed by atoms with Crippen molar-refractivity contribution in [3.05, 3.63) is 90.0 Å². The topological polar surface area (TPSA) is 69.7 Å². The number of benzene rings is 3. The number of methoxy groups -OCH3 is 1. The molecule has 29 heavy (non-hydrogen) atoms. The lowest BCUT2D eigenvalue weighted by Gasteiger charge is -2.19. The Morgan fingerprint density at radius 3 is 2.34 bits per heavy atom. The highest BCUT2D eigenvalue weighted by atomic mass is 16.6. The van der Waals surface area contributed by atoms with Gasteiger partial charge in [0, 0.05) is 17.5 Å². The van der Waals surface area contributed by atoms with Gasteiger partial charge in [0.05, 0.1) is 7.11 Å². The van der Waals surface area contributed by atoms with Crippen molar-refractivity contribution in [3.63, 3.8) is 0 Å². The lowest BCUT2D eigenvalue weighted by molar-refractivity contribution is -0.160. The zero-order chi connectivity index (χ0) is 20.4. The normalized spacial score (nSPS) is 18.2. The van der Waals surface area contributed by atoms with Crippen LogP contribution in [-0.2, 0) is 19.1 Å². The fourth-order valence-corrected chi connectivity index (χ4v) is 3.49. The number of Topliss-reactive ketones (excluding diaryl/α,β-unsaturated/α-hetero) is 1. The second-order valence-corrected chi connectivity index (χ2v) is 6.89. The summed E-state index contributed by atoms with van der Waals surface area (Å²) in [4.78, 5) is 38.3. The number of carbonyl (C=O) groups is 3. The van der Waals surface area contributed by atoms with Crippen molar-refractivity contribution in [2.75, 3.05) is 7.11 Å². The number of carbonyl (C=O) groups excluding carboxylic acids is 3. The van der Waals surface area contributed by atoms with Crippen LogP contribution in [-0.4, -0.2) is 24.8 Å². The molecule has 3 aromatic carbocycles. The van der Waals surface area contributed by atoms with Gasteiger partial charge in [0.25, 0.3) is 0 Å². The van der Waals surface area contributed by atoms with Gasteiger partial charge in [0.15, 0.2) is 11.2 Å². The summed E-state index contributed by atoms with van der Waals surface area (Å²) in [5.74, 6) is -1.73. The summed E-state index contributed by atoms with van der Waals surface area (Å²) >= 11 is 0. The number of esters is 2. The lowest BCUT2D eigenvalue weighted by atomic mass is 9.81. The van der Waals surface area contributed by atoms with E-state index in [0.29, 0.717) is 11.1 Å². The minimum atomic E-state index is -1.80. The molecule has 144 valence electrons. The maximum absolute atomic E-state index is 13.0. The Hall–Kier alpha value is -3.73. The third-order valence-corrected chi connectivity index (χ3v) is 5.06. The Bertz CT molecular complexity index is 1150. The smallest absolute Gasteiger partial charge is 0.333 e. The molecule has 1 unspecified atom stereocenters. The number of cyclic esters (lactones) is 1. The molecule has 5 heteroatoms. The van der Waals surface area contributed by atoms with Crippen LogP contribution in [0.2, 0.25) is 0 Å². The lowest BCUT2D eigenvalue weighted by Crippen LogP contribution is -2.38. The zero-order valence-corrected chi connectivity index (χ0v) is 15.8. The molecular formula is C24H18O5. The van der Waals surface area contributed by atoms with Crippen molar-refractivity contribution in [1.29, 1.82) is 0 Å². The Labute approximate surface area is 167 Å². The molecule has 4 rings (SSSR count). The van der Waals surface area contributed by atoms with Gasteiger partial charge in [0.1, 0.15) is 5.76 Å². The van der Waals surface area contributed by atoms with Crippen LogP contribution in [0, 0.1) is 5.41 Å². The highest BCUT2D eigenvalue weighted by molar-refractivity contribution is 6.13. The van der Waals surface area contributed by atoms with Crippen LogP contribution >= 0.6 is 0 Å². The Morgan fingerprint density at radius 2 is 1.62 bits per heavy atom. The number of ether oxygens (including phenoxy) is 2. The standard InChI is InChI=1S/C24H18O5/c1-28-22(26)24(15-21(29-23(24)27)17-8-3-2-4-9-17)14-20(25)19-12-11-16-7-5-6-10-18(16)13-19/h2-13,15H,14H2,1H3. The van der Waals surface area contributed by atoms with E-state index in [1.54, 1.807) is 36.4 Å². The fourth-order valence-electron chi connectivity index (χ4n) is 3.49. The molecule has 1 heterocycles. The Balaban J connectivity index is 1.71. The molecule has 0 radical (unpaired) electrons. The summed E-state index contributed by atoms with van der Waals surface area (Å²) in [5, 5.41) is 1.90. The maximum Gasteiger partial charge on any atom is 0.333 e. The molecule has 0 N–H and O–H groups in total. The van der Waals surface area contributed by atoms with Crippen LogP contribution in [0.4, 0.5) is 0 Å². The van der Waals surface area contributed by atoms with Gasteiger partial charge < -0.3 is 9.47 Å². The molecule has 1 aliphatic heterocycles. The molecule has 0 bridgehead atoms. The number of fused-ring (bicyclic) bond motifs is 1. The minimum Gasteiger partial charge on any atom is -0.468 e. The van der Waals surface area contributed by atoms with Crippen LogP contribution < -0.4 is 0 Å². The van der Waals surface area contributed by atoms with Gasteiger partial charge in [0.2, 0.25) is 0 Å². The van der Waals surface area contributed by atoms with E-state index in [1.807, 2.05) is 36.4 Å². The average molecular weight is 386 g/mol. The number of hydrogen-bond acceptors (Lipinski definition) is 5. The van der Waals surface area contributed by atoms with E-state index < -0.39 is 17.4 Å². The van der Waals surface area contributed by atoms with Gasteiger partial charge in [-0.05, 0) is 22.9 Å². The summed E-state index contributed by atoms with van der Waals surface area (Å²) < 4.78 is 10.2. The van der Waals surface area contributed by atoms with E-state index in [9.17, 15) is 14.4 Å². The molecule has 0 spiro atoms. The number of hydrogen-bond donors (Lipinski definition) is 0. The van der Waals surface area contributed by atoms with Gasteiger partial charge in [-0.15, -0.1) is 0 Å². The molecule has 1 atom stereocenters. The molecule has 0 aliphatic carbocycles. The van der Waals surface area contributed by atoms with E-state index in [4.69, 9.17) is 9.47 Å². The van der Waals surface area contributed by atoms with Gasteiger partial charge in [-0.3, -0.25) is 14.4 Å². The summed E-state index contributed by atoms with van der Waals surface area (Å²) in [6, 6.07) is 21.9. The summed E-state index contributed by atoms with van der Waals surface area (Å²) in [5.41, 5.74) is -0.742. The van der Waals surface area contributed by atoms with E-state index in [-0.39, 0.29) is 18.0 Å². The summed E-state index contributed by atoms with van der Waals surface area (Å²) in [7, 11) is 1.19. The first kappa shape index (κ1) is 18.6. The van der Waals surface area contributed by atoms with Crippen molar-refractivity contribution >= 4 is 34.3 Å². The molecule has 0 amide bonds. The van der Waals surface area contributed by atoms with Crippen molar-refractivity contribution in [1.82, 2.24) is 0 Å². The minimum absolute atomic E-state index is 0.243. The fraction of sp³-hybridized carbons (Fsp3) is 0.125. The second kappa shape index (κ2) is 7.36. The van der Waals surface area contributed by atoms with Crippen molar-refractivity contribution in [2.45, 2.75) is 6.42 Å². The van der Waals surface area contributed by atoms with Gasteiger partial charge in [-0.25, -0.2) is 0 Å². The van der Waals surface area contributed by atoms with Gasteiger partial charge >= 0.3 is 11.9 Å². The van der Waals surface area contributed by atoms with E-state index >= 15 is 0 Å². The van der Waals surface area contributed by atoms with Gasteiger partial charge in [-0.1, -0.05) is 66.7 Å². The zero-order valence-electron chi connectivity index (χ0n) is 15.8. The van der Waals surface area contributed by atoms with Crippen molar-refractivity contribution in [3.8, 4) is 0 Å². The van der Waals surface area contributed by atoms with E-state index in [2.05, 4.69) is 0 Å². The van der Waals surface area contributed by atoms with Crippen molar-refractivity contribution in [2.24, 2.45) is 5.41 Å². The Kier molecular flexibility index (Phi) is 4.72. The molecule has 1 aliphatic rings. The highest BCUT2D eigenvalue weighted by Crippen LogP contribution is 2.40. The summed E-state index contributed by atoms with van der Waals surface area (Å²) in [6.45, 7) is 0. The third kappa shape index (κ3) is 3.31. The van der Waals surface area contributed by atoms with Gasteiger partial charge in [-0.2, -0.15) is 0 Å². The summed E-state index contributed by atoms with van der Waals surface area (Å²) in [6.07, 6.45) is 1.03. The van der Waals surface area contributed by atoms with Crippen LogP contribution in [0.3, 0.4) is 0 Å². The van der Waals surface area contributed by atoms with E-state index in [1.165, 1.54) is 13.2 Å².